The lowest BCUT2D eigenvalue weighted by atomic mass is 10.1. The molecule has 0 bridgehead atoms. The predicted octanol–water partition coefficient (Wildman–Crippen LogP) is 2.74. The van der Waals surface area contributed by atoms with Crippen LogP contribution in [0.3, 0.4) is 0 Å². The molecule has 1 aromatic carbocycles. The van der Waals surface area contributed by atoms with Crippen molar-refractivity contribution in [2.45, 2.75) is 11.8 Å². The van der Waals surface area contributed by atoms with Crippen LogP contribution >= 0.6 is 22.9 Å². The summed E-state index contributed by atoms with van der Waals surface area (Å²) in [4.78, 5) is 17.9. The Labute approximate surface area is 119 Å². The van der Waals surface area contributed by atoms with Crippen molar-refractivity contribution in [2.75, 3.05) is 17.2 Å². The highest BCUT2D eigenvalue weighted by Crippen LogP contribution is 2.31. The van der Waals surface area contributed by atoms with Crippen molar-refractivity contribution in [3.63, 3.8) is 0 Å². The van der Waals surface area contributed by atoms with Crippen molar-refractivity contribution in [3.8, 4) is 11.3 Å². The van der Waals surface area contributed by atoms with Crippen LogP contribution in [0.1, 0.15) is 6.42 Å². The highest BCUT2D eigenvalue weighted by Gasteiger charge is 2.30. The molecule has 2 heterocycles. The second kappa shape index (κ2) is 4.83. The highest BCUT2D eigenvalue weighted by molar-refractivity contribution is 7.14. The summed E-state index contributed by atoms with van der Waals surface area (Å²) >= 11 is 7.45. The number of carbonyl (C=O) groups is 1. The van der Waals surface area contributed by atoms with Gasteiger partial charge >= 0.3 is 0 Å². The van der Waals surface area contributed by atoms with E-state index < -0.39 is 0 Å². The summed E-state index contributed by atoms with van der Waals surface area (Å²) in [6.45, 7) is 0.537. The quantitative estimate of drug-likeness (QED) is 0.684. The van der Waals surface area contributed by atoms with Crippen LogP contribution in [0.15, 0.2) is 29.6 Å². The summed E-state index contributed by atoms with van der Waals surface area (Å²) in [6, 6.07) is 7.52. The number of alkyl halides is 1. The van der Waals surface area contributed by atoms with Crippen molar-refractivity contribution >= 4 is 39.7 Å². The molecule has 1 aliphatic heterocycles. The second-order valence-electron chi connectivity index (χ2n) is 4.44. The molecule has 0 aliphatic carbocycles. The molecule has 0 saturated carbocycles. The molecule has 4 nitrogen and oxygen atoms in total. The van der Waals surface area contributed by atoms with Crippen molar-refractivity contribution in [2.24, 2.45) is 0 Å². The number of rotatable bonds is 2. The van der Waals surface area contributed by atoms with E-state index in [1.807, 2.05) is 29.6 Å². The first-order chi connectivity index (χ1) is 9.13. The molecule has 1 saturated heterocycles. The predicted molar refractivity (Wildman–Crippen MR) is 78.6 cm³/mol. The fourth-order valence-corrected chi connectivity index (χ4v) is 3.15. The molecule has 98 valence electrons. The molecule has 1 atom stereocenters. The Morgan fingerprint density at radius 2 is 2.11 bits per heavy atom. The number of amides is 1. The number of thiazole rings is 1. The van der Waals surface area contributed by atoms with Gasteiger partial charge in [0.25, 0.3) is 0 Å². The summed E-state index contributed by atoms with van der Waals surface area (Å²) in [7, 11) is 0. The molecule has 1 fully saturated rings. The number of nitrogens with zero attached hydrogens (tertiary/aromatic N) is 2. The number of carbonyl (C=O) groups excluding carboxylic acids is 1. The van der Waals surface area contributed by atoms with Gasteiger partial charge in [-0.1, -0.05) is 12.1 Å². The number of halogens is 1. The number of anilines is 2. The van der Waals surface area contributed by atoms with Crippen LogP contribution in [0.25, 0.3) is 11.3 Å². The van der Waals surface area contributed by atoms with Crippen molar-refractivity contribution in [1.29, 1.82) is 0 Å². The Kier molecular flexibility index (Phi) is 3.16. The van der Waals surface area contributed by atoms with Gasteiger partial charge < -0.3 is 5.73 Å². The molecule has 1 amide bonds. The molecule has 1 aromatic heterocycles. The van der Waals surface area contributed by atoms with E-state index in [9.17, 15) is 4.79 Å². The maximum absolute atomic E-state index is 11.8. The number of hydrogen-bond acceptors (Lipinski definition) is 4. The topological polar surface area (TPSA) is 59.2 Å². The molecule has 3 rings (SSSR count). The lowest BCUT2D eigenvalue weighted by Crippen LogP contribution is -2.24. The molecule has 1 aliphatic rings. The van der Waals surface area contributed by atoms with Gasteiger partial charge in [-0.2, -0.15) is 0 Å². The standard InChI is InChI=1S/C13H12ClN3OS/c14-9-5-12(18)17(6-9)13-16-11(7-19-13)8-1-3-10(15)4-2-8/h1-4,7,9H,5-6,15H2. The van der Waals surface area contributed by atoms with Crippen molar-refractivity contribution < 1.29 is 4.79 Å². The zero-order valence-electron chi connectivity index (χ0n) is 10.0. The molecule has 0 radical (unpaired) electrons. The first-order valence-electron chi connectivity index (χ1n) is 5.89. The van der Waals surface area contributed by atoms with Crippen molar-refractivity contribution in [1.82, 2.24) is 4.98 Å². The maximum atomic E-state index is 11.8. The van der Waals surface area contributed by atoms with Gasteiger partial charge in [0.2, 0.25) is 5.91 Å². The molecular weight excluding hydrogens is 282 g/mol. The van der Waals surface area contributed by atoms with Gasteiger partial charge in [0, 0.05) is 29.6 Å². The van der Waals surface area contributed by atoms with Gasteiger partial charge in [0.05, 0.1) is 11.1 Å². The largest absolute Gasteiger partial charge is 0.399 e. The molecule has 6 heteroatoms. The van der Waals surface area contributed by atoms with Crippen LogP contribution in [0.4, 0.5) is 10.8 Å². The molecule has 1 unspecified atom stereocenters. The van der Waals surface area contributed by atoms with E-state index in [2.05, 4.69) is 4.98 Å². The lowest BCUT2D eigenvalue weighted by Gasteiger charge is -2.10. The minimum absolute atomic E-state index is 0.0400. The van der Waals surface area contributed by atoms with Gasteiger partial charge in [-0.3, -0.25) is 9.69 Å². The van der Waals surface area contributed by atoms with Crippen LogP contribution in [0.5, 0.6) is 0 Å². The number of nitrogen functional groups attached to an aromatic ring is 1. The minimum Gasteiger partial charge on any atom is -0.399 e. The molecule has 2 aromatic rings. The van der Waals surface area contributed by atoms with Gasteiger partial charge in [-0.15, -0.1) is 22.9 Å². The monoisotopic (exact) mass is 293 g/mol. The van der Waals surface area contributed by atoms with E-state index in [4.69, 9.17) is 17.3 Å². The first kappa shape index (κ1) is 12.4. The van der Waals surface area contributed by atoms with Gasteiger partial charge in [-0.25, -0.2) is 4.98 Å². The van der Waals surface area contributed by atoms with Crippen LogP contribution < -0.4 is 10.6 Å². The van der Waals surface area contributed by atoms with Crippen LogP contribution in [0, 0.1) is 0 Å². The summed E-state index contributed by atoms with van der Waals surface area (Å²) in [5.74, 6) is 0.0400. The normalized spacial score (nSPS) is 19.1. The third kappa shape index (κ3) is 2.43. The summed E-state index contributed by atoms with van der Waals surface area (Å²) in [5, 5.41) is 2.53. The Bertz CT molecular complexity index is 611. The van der Waals surface area contributed by atoms with Crippen LogP contribution in [-0.4, -0.2) is 22.8 Å². The average Bonchev–Trinajstić information content (AvgIpc) is 2.97. The minimum atomic E-state index is -0.114. The SMILES string of the molecule is Nc1ccc(-c2csc(N3CC(Cl)CC3=O)n2)cc1. The van der Waals surface area contributed by atoms with E-state index in [0.717, 1.165) is 16.9 Å². The Hall–Kier alpha value is -1.59. The molecule has 19 heavy (non-hydrogen) atoms. The fourth-order valence-electron chi connectivity index (χ4n) is 2.02. The third-order valence-corrected chi connectivity index (χ3v) is 4.16. The van der Waals surface area contributed by atoms with Crippen LogP contribution in [-0.2, 0) is 4.79 Å². The number of hydrogen-bond donors (Lipinski definition) is 1. The summed E-state index contributed by atoms with van der Waals surface area (Å²) < 4.78 is 0. The van der Waals surface area contributed by atoms with E-state index in [0.29, 0.717) is 18.1 Å². The summed E-state index contributed by atoms with van der Waals surface area (Å²) in [5.41, 5.74) is 8.22. The first-order valence-corrected chi connectivity index (χ1v) is 7.21. The van der Waals surface area contributed by atoms with Gasteiger partial charge in [0.15, 0.2) is 5.13 Å². The van der Waals surface area contributed by atoms with E-state index in [-0.39, 0.29) is 11.3 Å². The van der Waals surface area contributed by atoms with Crippen LogP contribution in [0.2, 0.25) is 0 Å². The lowest BCUT2D eigenvalue weighted by molar-refractivity contribution is -0.117. The Morgan fingerprint density at radius 1 is 1.37 bits per heavy atom. The van der Waals surface area contributed by atoms with E-state index >= 15 is 0 Å². The zero-order chi connectivity index (χ0) is 13.4. The smallest absolute Gasteiger partial charge is 0.230 e. The van der Waals surface area contributed by atoms with E-state index in [1.54, 1.807) is 4.90 Å². The maximum Gasteiger partial charge on any atom is 0.230 e. The van der Waals surface area contributed by atoms with Crippen molar-refractivity contribution in [3.05, 3.63) is 29.6 Å². The highest BCUT2D eigenvalue weighted by atomic mass is 35.5. The number of nitrogens with two attached hydrogens (primary N) is 1. The fraction of sp³-hybridized carbons (Fsp3) is 0.231. The van der Waals surface area contributed by atoms with Gasteiger partial charge in [0.1, 0.15) is 0 Å². The molecule has 0 spiro atoms. The molecule has 2 N–H and O–H groups in total. The Morgan fingerprint density at radius 3 is 2.74 bits per heavy atom. The molecular formula is C13H12ClN3OS. The zero-order valence-corrected chi connectivity index (χ0v) is 11.6. The third-order valence-electron chi connectivity index (χ3n) is 3.01. The van der Waals surface area contributed by atoms with E-state index in [1.165, 1.54) is 11.3 Å². The van der Waals surface area contributed by atoms with Gasteiger partial charge in [-0.05, 0) is 12.1 Å². The number of aromatic nitrogens is 1. The Balaban J connectivity index is 1.87. The summed E-state index contributed by atoms with van der Waals surface area (Å²) in [6.07, 6.45) is 0.387. The average molecular weight is 294 g/mol. The number of benzene rings is 1. The second-order valence-corrected chi connectivity index (χ2v) is 5.90.